The van der Waals surface area contributed by atoms with Crippen LogP contribution in [0.3, 0.4) is 0 Å². The summed E-state index contributed by atoms with van der Waals surface area (Å²) in [5.74, 6) is 0.816. The van der Waals surface area contributed by atoms with E-state index in [0.717, 1.165) is 0 Å². The summed E-state index contributed by atoms with van der Waals surface area (Å²) >= 11 is 0. The van der Waals surface area contributed by atoms with Gasteiger partial charge in [-0.3, -0.25) is 4.79 Å². The Morgan fingerprint density at radius 1 is 1.44 bits per heavy atom. The van der Waals surface area contributed by atoms with Crippen molar-refractivity contribution in [3.8, 4) is 0 Å². The number of Topliss-reactive ketones (excluding diaryl/α,β-unsaturated/α-hetero) is 1. The van der Waals surface area contributed by atoms with Gasteiger partial charge in [0.05, 0.1) is 6.26 Å². The smallest absolute Gasteiger partial charge is 0.410 e. The van der Waals surface area contributed by atoms with Gasteiger partial charge < -0.3 is 14.1 Å². The molecule has 0 atom stereocenters. The summed E-state index contributed by atoms with van der Waals surface area (Å²) in [7, 11) is 0. The van der Waals surface area contributed by atoms with E-state index in [-0.39, 0.29) is 18.5 Å². The molecule has 0 radical (unpaired) electrons. The van der Waals surface area contributed by atoms with E-state index < -0.39 is 0 Å². The van der Waals surface area contributed by atoms with E-state index in [2.05, 4.69) is 0 Å². The molecule has 5 nitrogen and oxygen atoms in total. The first-order valence-electron chi connectivity index (χ1n) is 5.21. The van der Waals surface area contributed by atoms with Crippen LogP contribution in [-0.4, -0.2) is 29.9 Å². The highest BCUT2D eigenvalue weighted by atomic mass is 16.6. The lowest BCUT2D eigenvalue weighted by Crippen LogP contribution is -2.38. The summed E-state index contributed by atoms with van der Waals surface area (Å²) in [6, 6.07) is 3.48. The molecular formula is C11H13NO4. The molecule has 0 aromatic carbocycles. The Morgan fingerprint density at radius 3 is 2.81 bits per heavy atom. The number of ketones is 1. The standard InChI is InChI=1S/C11H13NO4/c13-9-3-5-12(6-4-9)11(14)16-8-10-2-1-7-15-10/h1-2,7H,3-6,8H2. The van der Waals surface area contributed by atoms with Gasteiger partial charge in [0.15, 0.2) is 6.61 Å². The average molecular weight is 223 g/mol. The molecule has 1 aromatic rings. The van der Waals surface area contributed by atoms with Gasteiger partial charge in [-0.05, 0) is 12.1 Å². The number of rotatable bonds is 2. The number of hydrogen-bond acceptors (Lipinski definition) is 4. The van der Waals surface area contributed by atoms with Gasteiger partial charge in [-0.25, -0.2) is 4.79 Å². The fraction of sp³-hybridized carbons (Fsp3) is 0.455. The fourth-order valence-corrected chi connectivity index (χ4v) is 1.56. The fourth-order valence-electron chi connectivity index (χ4n) is 1.56. The van der Waals surface area contributed by atoms with Gasteiger partial charge in [0.1, 0.15) is 11.5 Å². The lowest BCUT2D eigenvalue weighted by atomic mass is 10.1. The maximum atomic E-state index is 11.6. The summed E-state index contributed by atoms with van der Waals surface area (Å²) in [5, 5.41) is 0. The van der Waals surface area contributed by atoms with Gasteiger partial charge in [-0.1, -0.05) is 0 Å². The molecule has 1 amide bonds. The second kappa shape index (κ2) is 4.83. The Kier molecular flexibility index (Phi) is 3.24. The van der Waals surface area contributed by atoms with Crippen LogP contribution in [0.5, 0.6) is 0 Å². The summed E-state index contributed by atoms with van der Waals surface area (Å²) in [6.45, 7) is 1.04. The topological polar surface area (TPSA) is 59.8 Å². The third kappa shape index (κ3) is 2.62. The molecule has 2 heterocycles. The molecule has 1 aliphatic rings. The van der Waals surface area contributed by atoms with Gasteiger partial charge in [0, 0.05) is 25.9 Å². The second-order valence-corrected chi connectivity index (χ2v) is 3.66. The Balaban J connectivity index is 1.77. The van der Waals surface area contributed by atoms with Crippen molar-refractivity contribution in [3.63, 3.8) is 0 Å². The highest BCUT2D eigenvalue weighted by Gasteiger charge is 2.21. The van der Waals surface area contributed by atoms with E-state index in [9.17, 15) is 9.59 Å². The molecule has 0 N–H and O–H groups in total. The third-order valence-corrected chi connectivity index (χ3v) is 2.50. The normalized spacial score (nSPS) is 16.2. The average Bonchev–Trinajstić information content (AvgIpc) is 2.80. The molecule has 0 bridgehead atoms. The van der Waals surface area contributed by atoms with Crippen LogP contribution in [0.15, 0.2) is 22.8 Å². The first-order chi connectivity index (χ1) is 7.75. The van der Waals surface area contributed by atoms with Crippen molar-refractivity contribution in [2.75, 3.05) is 13.1 Å². The molecule has 1 saturated heterocycles. The number of ether oxygens (including phenoxy) is 1. The minimum absolute atomic E-state index is 0.135. The van der Waals surface area contributed by atoms with E-state index in [1.807, 2.05) is 0 Å². The molecule has 1 fully saturated rings. The van der Waals surface area contributed by atoms with Crippen molar-refractivity contribution in [1.29, 1.82) is 0 Å². The zero-order chi connectivity index (χ0) is 11.4. The number of furan rings is 1. The van der Waals surface area contributed by atoms with Crippen molar-refractivity contribution in [1.82, 2.24) is 4.90 Å². The van der Waals surface area contributed by atoms with Crippen LogP contribution in [0.25, 0.3) is 0 Å². The Hall–Kier alpha value is -1.78. The van der Waals surface area contributed by atoms with Crippen LogP contribution in [0, 0.1) is 0 Å². The predicted octanol–water partition coefficient (Wildman–Crippen LogP) is 1.58. The highest BCUT2D eigenvalue weighted by Crippen LogP contribution is 2.09. The van der Waals surface area contributed by atoms with Gasteiger partial charge in [-0.2, -0.15) is 0 Å². The van der Waals surface area contributed by atoms with Crippen LogP contribution in [0.2, 0.25) is 0 Å². The monoisotopic (exact) mass is 223 g/mol. The number of amides is 1. The van der Waals surface area contributed by atoms with Crippen LogP contribution in [-0.2, 0) is 16.1 Å². The van der Waals surface area contributed by atoms with E-state index >= 15 is 0 Å². The third-order valence-electron chi connectivity index (χ3n) is 2.50. The second-order valence-electron chi connectivity index (χ2n) is 3.66. The molecule has 0 saturated carbocycles. The molecule has 1 aliphatic heterocycles. The van der Waals surface area contributed by atoms with E-state index in [1.165, 1.54) is 6.26 Å². The largest absolute Gasteiger partial charge is 0.466 e. The lowest BCUT2D eigenvalue weighted by Gasteiger charge is -2.24. The molecule has 16 heavy (non-hydrogen) atoms. The number of likely N-dealkylation sites (tertiary alicyclic amines) is 1. The van der Waals surface area contributed by atoms with Crippen LogP contribution in [0.1, 0.15) is 18.6 Å². The van der Waals surface area contributed by atoms with Crippen LogP contribution < -0.4 is 0 Å². The van der Waals surface area contributed by atoms with Crippen LogP contribution in [0.4, 0.5) is 4.79 Å². The minimum Gasteiger partial charge on any atom is -0.466 e. The molecule has 2 rings (SSSR count). The molecule has 0 unspecified atom stereocenters. The predicted molar refractivity (Wildman–Crippen MR) is 54.7 cm³/mol. The van der Waals surface area contributed by atoms with Crippen molar-refractivity contribution in [2.24, 2.45) is 0 Å². The minimum atomic E-state index is -0.385. The van der Waals surface area contributed by atoms with Gasteiger partial charge in [0.25, 0.3) is 0 Å². The molecule has 1 aromatic heterocycles. The lowest BCUT2D eigenvalue weighted by molar-refractivity contribution is -0.121. The van der Waals surface area contributed by atoms with E-state index in [4.69, 9.17) is 9.15 Å². The van der Waals surface area contributed by atoms with E-state index in [0.29, 0.717) is 31.7 Å². The molecular weight excluding hydrogens is 210 g/mol. The summed E-state index contributed by atoms with van der Waals surface area (Å²) in [4.78, 5) is 24.1. The number of piperidine rings is 1. The molecule has 5 heteroatoms. The number of carbonyl (C=O) groups excluding carboxylic acids is 2. The SMILES string of the molecule is O=C1CCN(C(=O)OCc2ccco2)CC1. The maximum absolute atomic E-state index is 11.6. The first kappa shape index (κ1) is 10.7. The Bertz CT molecular complexity index is 361. The van der Waals surface area contributed by atoms with Crippen LogP contribution >= 0.6 is 0 Å². The zero-order valence-electron chi connectivity index (χ0n) is 8.85. The number of hydrogen-bond donors (Lipinski definition) is 0. The number of carbonyl (C=O) groups is 2. The van der Waals surface area contributed by atoms with Crippen molar-refractivity contribution < 1.29 is 18.7 Å². The quantitative estimate of drug-likeness (QED) is 0.763. The molecule has 86 valence electrons. The van der Waals surface area contributed by atoms with Gasteiger partial charge in [-0.15, -0.1) is 0 Å². The molecule has 0 aliphatic carbocycles. The first-order valence-corrected chi connectivity index (χ1v) is 5.21. The van der Waals surface area contributed by atoms with Crippen molar-refractivity contribution >= 4 is 11.9 Å². The zero-order valence-corrected chi connectivity index (χ0v) is 8.85. The Labute approximate surface area is 93.0 Å². The maximum Gasteiger partial charge on any atom is 0.410 e. The summed E-state index contributed by atoms with van der Waals surface area (Å²) < 4.78 is 10.1. The van der Waals surface area contributed by atoms with Gasteiger partial charge >= 0.3 is 6.09 Å². The van der Waals surface area contributed by atoms with Crippen molar-refractivity contribution in [2.45, 2.75) is 19.4 Å². The summed E-state index contributed by atoms with van der Waals surface area (Å²) in [6.07, 6.45) is 2.00. The highest BCUT2D eigenvalue weighted by molar-refractivity contribution is 5.81. The van der Waals surface area contributed by atoms with Crippen molar-refractivity contribution in [3.05, 3.63) is 24.2 Å². The van der Waals surface area contributed by atoms with E-state index in [1.54, 1.807) is 17.0 Å². The summed E-state index contributed by atoms with van der Waals surface area (Å²) in [5.41, 5.74) is 0. The van der Waals surface area contributed by atoms with Gasteiger partial charge in [0.2, 0.25) is 0 Å². The number of nitrogens with zero attached hydrogens (tertiary/aromatic N) is 1. The molecule has 0 spiro atoms. The Morgan fingerprint density at radius 2 is 2.19 bits per heavy atom.